The van der Waals surface area contributed by atoms with Gasteiger partial charge in [0, 0.05) is 5.56 Å². The summed E-state index contributed by atoms with van der Waals surface area (Å²) >= 11 is 0. The van der Waals surface area contributed by atoms with Gasteiger partial charge in [0.2, 0.25) is 0 Å². The molecule has 1 unspecified atom stereocenters. The van der Waals surface area contributed by atoms with E-state index in [0.29, 0.717) is 5.56 Å². The Hall–Kier alpha value is -3.26. The molecule has 0 fully saturated rings. The Kier molecular flexibility index (Phi) is 5.73. The van der Waals surface area contributed by atoms with Gasteiger partial charge in [-0.15, -0.1) is 0 Å². The Labute approximate surface area is 184 Å². The molecule has 0 spiro atoms. The van der Waals surface area contributed by atoms with Crippen molar-refractivity contribution in [2.75, 3.05) is 6.61 Å². The van der Waals surface area contributed by atoms with Crippen LogP contribution in [0.2, 0.25) is 0 Å². The third-order valence-corrected chi connectivity index (χ3v) is 7.01. The summed E-state index contributed by atoms with van der Waals surface area (Å²) in [5, 5.41) is 0. The number of sulfonamides is 1. The number of halogens is 3. The number of alkyl halides is 3. The van der Waals surface area contributed by atoms with Crippen molar-refractivity contribution in [3.05, 3.63) is 107 Å². The molecule has 3 aromatic rings. The zero-order valence-corrected chi connectivity index (χ0v) is 17.9. The molecule has 32 heavy (non-hydrogen) atoms. The highest BCUT2D eigenvalue weighted by Crippen LogP contribution is 2.36. The summed E-state index contributed by atoms with van der Waals surface area (Å²) < 4.78 is 72.8. The van der Waals surface area contributed by atoms with Crippen LogP contribution < -0.4 is 0 Å². The molecule has 0 N–H and O–H groups in total. The molecule has 4 nitrogen and oxygen atoms in total. The Morgan fingerprint density at radius 2 is 1.53 bits per heavy atom. The lowest BCUT2D eigenvalue weighted by atomic mass is 10.1. The summed E-state index contributed by atoms with van der Waals surface area (Å²) in [6.45, 7) is 1.88. The minimum atomic E-state index is -4.46. The summed E-state index contributed by atoms with van der Waals surface area (Å²) in [5.41, 5.74) is 1.23. The predicted molar refractivity (Wildman–Crippen MR) is 115 cm³/mol. The van der Waals surface area contributed by atoms with Crippen LogP contribution in [0.4, 0.5) is 13.2 Å². The van der Waals surface area contributed by atoms with Gasteiger partial charge in [-0.05, 0) is 36.8 Å². The van der Waals surface area contributed by atoms with E-state index in [1.807, 2.05) is 25.1 Å². The Morgan fingerprint density at radius 3 is 2.12 bits per heavy atom. The van der Waals surface area contributed by atoms with Crippen molar-refractivity contribution in [3.8, 4) is 0 Å². The standard InChI is InChI=1S/C24H20F3NO3S/c1-17-7-13-21(14-8-17)32(29,30)28-15-23(19-9-11-20(12-10-19)24(25,26)27)31-16-22(28)18-5-3-2-4-6-18/h2-15,22H,16H2,1H3. The number of nitrogens with zero attached hydrogens (tertiary/aromatic N) is 1. The van der Waals surface area contributed by atoms with Crippen LogP contribution in [-0.4, -0.2) is 19.3 Å². The zero-order valence-electron chi connectivity index (χ0n) is 17.1. The highest BCUT2D eigenvalue weighted by molar-refractivity contribution is 7.89. The first-order valence-electron chi connectivity index (χ1n) is 9.84. The molecule has 0 amide bonds. The molecule has 1 atom stereocenters. The third kappa shape index (κ3) is 4.36. The summed E-state index contributed by atoms with van der Waals surface area (Å²) in [7, 11) is -3.95. The molecule has 166 valence electrons. The van der Waals surface area contributed by atoms with E-state index in [1.54, 1.807) is 24.3 Å². The van der Waals surface area contributed by atoms with E-state index in [1.165, 1.54) is 34.8 Å². The first-order chi connectivity index (χ1) is 15.2. The van der Waals surface area contributed by atoms with Gasteiger partial charge in [-0.25, -0.2) is 8.42 Å². The highest BCUT2D eigenvalue weighted by Gasteiger charge is 2.35. The molecule has 4 rings (SSSR count). The number of benzene rings is 3. The molecule has 0 saturated heterocycles. The van der Waals surface area contributed by atoms with Crippen LogP contribution >= 0.6 is 0 Å². The van der Waals surface area contributed by atoms with Crippen LogP contribution in [0.3, 0.4) is 0 Å². The van der Waals surface area contributed by atoms with E-state index in [-0.39, 0.29) is 17.3 Å². The smallest absolute Gasteiger partial charge is 0.416 e. The summed E-state index contributed by atoms with van der Waals surface area (Å²) in [4.78, 5) is 0.119. The molecule has 1 aliphatic heterocycles. The Morgan fingerprint density at radius 1 is 0.906 bits per heavy atom. The van der Waals surface area contributed by atoms with Crippen molar-refractivity contribution in [3.63, 3.8) is 0 Å². The number of hydrogen-bond acceptors (Lipinski definition) is 3. The number of rotatable bonds is 4. The normalized spacial score (nSPS) is 16.9. The second kappa shape index (κ2) is 8.35. The maximum atomic E-state index is 13.5. The zero-order chi connectivity index (χ0) is 22.9. The maximum Gasteiger partial charge on any atom is 0.416 e. The van der Waals surface area contributed by atoms with Crippen molar-refractivity contribution >= 4 is 15.8 Å². The van der Waals surface area contributed by atoms with Gasteiger partial charge in [0.05, 0.1) is 16.7 Å². The molecule has 0 saturated carbocycles. The van der Waals surface area contributed by atoms with Crippen LogP contribution in [0, 0.1) is 6.92 Å². The molecule has 0 radical (unpaired) electrons. The number of ether oxygens (including phenoxy) is 1. The molecule has 0 aliphatic carbocycles. The second-order valence-corrected chi connectivity index (χ2v) is 9.30. The van der Waals surface area contributed by atoms with E-state index in [4.69, 9.17) is 4.74 Å². The van der Waals surface area contributed by atoms with Gasteiger partial charge < -0.3 is 4.74 Å². The lowest BCUT2D eigenvalue weighted by Gasteiger charge is -2.35. The average Bonchev–Trinajstić information content (AvgIpc) is 2.79. The summed E-state index contributed by atoms with van der Waals surface area (Å²) in [6, 6.07) is 19.4. The van der Waals surface area contributed by atoms with Gasteiger partial charge in [0.25, 0.3) is 10.0 Å². The fourth-order valence-corrected chi connectivity index (χ4v) is 4.93. The van der Waals surface area contributed by atoms with E-state index >= 15 is 0 Å². The van der Waals surface area contributed by atoms with Gasteiger partial charge >= 0.3 is 6.18 Å². The van der Waals surface area contributed by atoms with Crippen LogP contribution in [0.25, 0.3) is 5.76 Å². The summed E-state index contributed by atoms with van der Waals surface area (Å²) in [5.74, 6) is 0.182. The first-order valence-corrected chi connectivity index (χ1v) is 11.3. The van der Waals surface area contributed by atoms with Crippen molar-refractivity contribution in [2.45, 2.75) is 24.0 Å². The Bertz CT molecular complexity index is 1220. The molecular formula is C24H20F3NO3S. The van der Waals surface area contributed by atoms with E-state index in [2.05, 4.69) is 0 Å². The van der Waals surface area contributed by atoms with E-state index in [0.717, 1.165) is 23.3 Å². The van der Waals surface area contributed by atoms with Crippen molar-refractivity contribution in [1.29, 1.82) is 0 Å². The fraction of sp³-hybridized carbons (Fsp3) is 0.167. The van der Waals surface area contributed by atoms with Crippen LogP contribution in [0.1, 0.15) is 28.3 Å². The average molecular weight is 459 g/mol. The van der Waals surface area contributed by atoms with Gasteiger partial charge in [-0.1, -0.05) is 60.2 Å². The van der Waals surface area contributed by atoms with Gasteiger partial charge in [0.1, 0.15) is 18.4 Å². The number of aryl methyl sites for hydroxylation is 1. The largest absolute Gasteiger partial charge is 0.489 e. The predicted octanol–water partition coefficient (Wildman–Crippen LogP) is 5.77. The minimum Gasteiger partial charge on any atom is -0.489 e. The molecule has 8 heteroatoms. The second-order valence-electron chi connectivity index (χ2n) is 7.45. The SMILES string of the molecule is Cc1ccc(S(=O)(=O)N2C=C(c3ccc(C(F)(F)F)cc3)OCC2c2ccccc2)cc1. The molecular weight excluding hydrogens is 439 g/mol. The molecule has 0 aromatic heterocycles. The molecule has 1 aliphatic rings. The molecule has 3 aromatic carbocycles. The van der Waals surface area contributed by atoms with Crippen LogP contribution in [0.15, 0.2) is 90.0 Å². The van der Waals surface area contributed by atoms with Gasteiger partial charge in [-0.3, -0.25) is 4.31 Å². The quantitative estimate of drug-likeness (QED) is 0.497. The topological polar surface area (TPSA) is 46.6 Å². The van der Waals surface area contributed by atoms with Crippen LogP contribution in [0.5, 0.6) is 0 Å². The monoisotopic (exact) mass is 459 g/mol. The lowest BCUT2D eigenvalue weighted by molar-refractivity contribution is -0.137. The van der Waals surface area contributed by atoms with Gasteiger partial charge in [-0.2, -0.15) is 13.2 Å². The fourth-order valence-electron chi connectivity index (χ4n) is 3.45. The van der Waals surface area contributed by atoms with Crippen molar-refractivity contribution in [1.82, 2.24) is 4.31 Å². The van der Waals surface area contributed by atoms with Crippen molar-refractivity contribution < 1.29 is 26.3 Å². The lowest BCUT2D eigenvalue weighted by Crippen LogP contribution is -2.36. The van der Waals surface area contributed by atoms with Crippen molar-refractivity contribution in [2.24, 2.45) is 0 Å². The summed E-state index contributed by atoms with van der Waals surface area (Å²) in [6.07, 6.45) is -3.11. The molecule has 1 heterocycles. The van der Waals surface area contributed by atoms with Crippen LogP contribution in [-0.2, 0) is 20.9 Å². The first kappa shape index (κ1) is 22.0. The van der Waals surface area contributed by atoms with E-state index < -0.39 is 27.8 Å². The molecule has 0 bridgehead atoms. The van der Waals surface area contributed by atoms with E-state index in [9.17, 15) is 21.6 Å². The minimum absolute atomic E-state index is 0.0158. The maximum absolute atomic E-state index is 13.5. The number of hydrogen-bond donors (Lipinski definition) is 0. The Balaban J connectivity index is 1.78. The van der Waals surface area contributed by atoms with Gasteiger partial charge in [0.15, 0.2) is 0 Å². The third-order valence-electron chi connectivity index (χ3n) is 5.23. The highest BCUT2D eigenvalue weighted by atomic mass is 32.2.